The lowest BCUT2D eigenvalue weighted by Crippen LogP contribution is -2.28. The molecule has 0 aliphatic heterocycles. The SMILES string of the molecule is CC1(C)c2cc(N(c3ccc(C4(c5cccc(-c6ccccc6)c5)c5ccccc5-c5ccccc54)cc3)c3ccc4oc5cccc(-c6ccccc6)c5c4c3)ccc2-c2c(-c3ccccc3)cccc21. The Labute approximate surface area is 420 Å². The molecule has 0 unspecified atom stereocenters. The van der Waals surface area contributed by atoms with E-state index in [9.17, 15) is 0 Å². The predicted molar refractivity (Wildman–Crippen MR) is 300 cm³/mol. The summed E-state index contributed by atoms with van der Waals surface area (Å²) in [7, 11) is 0. The third kappa shape index (κ3) is 6.28. The van der Waals surface area contributed by atoms with Gasteiger partial charge in [0.1, 0.15) is 11.2 Å². The molecule has 0 saturated heterocycles. The van der Waals surface area contributed by atoms with Gasteiger partial charge >= 0.3 is 0 Å². The van der Waals surface area contributed by atoms with Gasteiger partial charge in [-0.05, 0) is 144 Å². The smallest absolute Gasteiger partial charge is 0.136 e. The van der Waals surface area contributed by atoms with E-state index in [4.69, 9.17) is 4.42 Å². The zero-order valence-electron chi connectivity index (χ0n) is 40.2. The van der Waals surface area contributed by atoms with Crippen LogP contribution < -0.4 is 4.90 Å². The van der Waals surface area contributed by atoms with Crippen LogP contribution >= 0.6 is 0 Å². The number of hydrogen-bond donors (Lipinski definition) is 0. The maximum absolute atomic E-state index is 6.63. The van der Waals surface area contributed by atoms with Gasteiger partial charge in [-0.1, -0.05) is 220 Å². The van der Waals surface area contributed by atoms with Gasteiger partial charge in [-0.25, -0.2) is 0 Å². The summed E-state index contributed by atoms with van der Waals surface area (Å²) in [5, 5.41) is 2.20. The van der Waals surface area contributed by atoms with Crippen molar-refractivity contribution < 1.29 is 4.42 Å². The number of rotatable bonds is 8. The van der Waals surface area contributed by atoms with Crippen LogP contribution in [-0.4, -0.2) is 0 Å². The molecule has 0 fully saturated rings. The van der Waals surface area contributed by atoms with Crippen LogP contribution in [0.2, 0.25) is 0 Å². The van der Waals surface area contributed by atoms with Gasteiger partial charge in [0, 0.05) is 33.2 Å². The zero-order valence-corrected chi connectivity index (χ0v) is 40.2. The van der Waals surface area contributed by atoms with Crippen LogP contribution in [0.4, 0.5) is 17.1 Å². The minimum absolute atomic E-state index is 0.236. The Morgan fingerprint density at radius 3 is 1.56 bits per heavy atom. The second-order valence-electron chi connectivity index (χ2n) is 19.9. The van der Waals surface area contributed by atoms with Gasteiger partial charge in [0.05, 0.1) is 5.41 Å². The third-order valence-electron chi connectivity index (χ3n) is 15.8. The molecule has 1 aromatic heterocycles. The van der Waals surface area contributed by atoms with E-state index in [1.165, 1.54) is 77.9 Å². The van der Waals surface area contributed by atoms with E-state index in [0.29, 0.717) is 0 Å². The molecule has 14 rings (SSSR count). The van der Waals surface area contributed by atoms with Gasteiger partial charge in [0.2, 0.25) is 0 Å². The van der Waals surface area contributed by atoms with E-state index < -0.39 is 5.41 Å². The fourth-order valence-electron chi connectivity index (χ4n) is 12.5. The first-order chi connectivity index (χ1) is 35.5. The summed E-state index contributed by atoms with van der Waals surface area (Å²) >= 11 is 0. The molecule has 12 aromatic rings. The molecule has 0 radical (unpaired) electrons. The molecule has 2 nitrogen and oxygen atoms in total. The lowest BCUT2D eigenvalue weighted by Gasteiger charge is -2.35. The molecule has 0 saturated carbocycles. The maximum Gasteiger partial charge on any atom is 0.136 e. The van der Waals surface area contributed by atoms with E-state index in [2.05, 4.69) is 280 Å². The van der Waals surface area contributed by atoms with Crippen molar-refractivity contribution in [1.82, 2.24) is 0 Å². The van der Waals surface area contributed by atoms with Crippen LogP contribution in [0.25, 0.3) is 77.6 Å². The summed E-state index contributed by atoms with van der Waals surface area (Å²) in [6.07, 6.45) is 0. The van der Waals surface area contributed by atoms with Gasteiger partial charge in [-0.2, -0.15) is 0 Å². The fourth-order valence-corrected chi connectivity index (χ4v) is 12.5. The first-order valence-corrected chi connectivity index (χ1v) is 25.1. The van der Waals surface area contributed by atoms with Gasteiger partial charge in [-0.15, -0.1) is 0 Å². The number of fused-ring (bicyclic) bond motifs is 9. The highest BCUT2D eigenvalue weighted by Crippen LogP contribution is 2.58. The first kappa shape index (κ1) is 41.9. The molecule has 0 amide bonds. The molecular formula is C70H49NO. The van der Waals surface area contributed by atoms with Crippen LogP contribution in [0.15, 0.2) is 265 Å². The van der Waals surface area contributed by atoms with Crippen molar-refractivity contribution in [3.05, 3.63) is 294 Å². The van der Waals surface area contributed by atoms with Crippen molar-refractivity contribution in [3.63, 3.8) is 0 Å². The van der Waals surface area contributed by atoms with Crippen molar-refractivity contribution in [1.29, 1.82) is 0 Å². The molecular weight excluding hydrogens is 871 g/mol. The van der Waals surface area contributed by atoms with E-state index in [0.717, 1.165) is 50.1 Å². The Morgan fingerprint density at radius 2 is 0.847 bits per heavy atom. The van der Waals surface area contributed by atoms with E-state index in [-0.39, 0.29) is 5.41 Å². The zero-order chi connectivity index (χ0) is 48.0. The summed E-state index contributed by atoms with van der Waals surface area (Å²) in [5.41, 5.74) is 24.3. The summed E-state index contributed by atoms with van der Waals surface area (Å²) in [4.78, 5) is 2.45. The highest BCUT2D eigenvalue weighted by molar-refractivity contribution is 6.13. The van der Waals surface area contributed by atoms with E-state index in [1.54, 1.807) is 0 Å². The number of furan rings is 1. The Hall–Kier alpha value is -8.98. The van der Waals surface area contributed by atoms with Crippen molar-refractivity contribution >= 4 is 39.0 Å². The highest BCUT2D eigenvalue weighted by Gasteiger charge is 2.46. The van der Waals surface area contributed by atoms with Crippen molar-refractivity contribution in [3.8, 4) is 55.6 Å². The Balaban J connectivity index is 0.982. The summed E-state index contributed by atoms with van der Waals surface area (Å²) < 4.78 is 6.63. The van der Waals surface area contributed by atoms with Gasteiger partial charge in [0.15, 0.2) is 0 Å². The van der Waals surface area contributed by atoms with Crippen LogP contribution in [0.5, 0.6) is 0 Å². The first-order valence-electron chi connectivity index (χ1n) is 25.1. The van der Waals surface area contributed by atoms with Gasteiger partial charge < -0.3 is 9.32 Å². The van der Waals surface area contributed by atoms with Crippen molar-refractivity contribution in [2.45, 2.75) is 24.7 Å². The molecule has 1 heterocycles. The number of anilines is 3. The Bertz CT molecular complexity index is 4010. The van der Waals surface area contributed by atoms with Crippen molar-refractivity contribution in [2.24, 2.45) is 0 Å². The van der Waals surface area contributed by atoms with Crippen LogP contribution in [0.1, 0.15) is 47.2 Å². The predicted octanol–water partition coefficient (Wildman–Crippen LogP) is 18.7. The Morgan fingerprint density at radius 1 is 0.319 bits per heavy atom. The summed E-state index contributed by atoms with van der Waals surface area (Å²) in [5.74, 6) is 0. The molecule has 340 valence electrons. The summed E-state index contributed by atoms with van der Waals surface area (Å²) in [6.45, 7) is 4.77. The molecule has 11 aromatic carbocycles. The highest BCUT2D eigenvalue weighted by atomic mass is 16.3. The molecule has 0 N–H and O–H groups in total. The molecule has 0 spiro atoms. The molecule has 2 aliphatic rings. The van der Waals surface area contributed by atoms with Crippen LogP contribution in [0.3, 0.4) is 0 Å². The minimum atomic E-state index is -0.566. The molecule has 2 heteroatoms. The standard InChI is InChI=1S/C70H49NO/c1-69(2)63-33-17-29-55(47-21-8-4-9-22-47)67(63)59-41-39-54(45-64(59)69)71(53-40-42-65-60(44-53)68-56(30-18-34-66(68)72-65)48-23-10-5-11-24-48)52-37-35-50(36-38-52)70(51-26-16-25-49(43-51)46-19-6-3-7-20-46)61-31-14-12-27-57(61)58-28-13-15-32-62(58)70/h3-45H,1-2H3. The van der Waals surface area contributed by atoms with Crippen LogP contribution in [0, 0.1) is 0 Å². The lowest BCUT2D eigenvalue weighted by atomic mass is 9.67. The largest absolute Gasteiger partial charge is 0.456 e. The molecule has 2 aliphatic carbocycles. The maximum atomic E-state index is 6.63. The second kappa shape index (κ2) is 16.3. The average molecular weight is 920 g/mol. The number of benzene rings is 11. The van der Waals surface area contributed by atoms with E-state index >= 15 is 0 Å². The number of hydrogen-bond acceptors (Lipinski definition) is 2. The lowest BCUT2D eigenvalue weighted by molar-refractivity contribution is 0.660. The van der Waals surface area contributed by atoms with E-state index in [1.807, 2.05) is 0 Å². The fraction of sp³-hybridized carbons (Fsp3) is 0.0571. The van der Waals surface area contributed by atoms with Gasteiger partial charge in [-0.3, -0.25) is 0 Å². The number of nitrogens with zero attached hydrogens (tertiary/aromatic N) is 1. The quantitative estimate of drug-likeness (QED) is 0.151. The second-order valence-corrected chi connectivity index (χ2v) is 19.9. The normalized spacial score (nSPS) is 13.6. The Kier molecular flexibility index (Phi) is 9.50. The summed E-state index contributed by atoms with van der Waals surface area (Å²) in [6, 6.07) is 96.0. The van der Waals surface area contributed by atoms with Crippen molar-refractivity contribution in [2.75, 3.05) is 4.90 Å². The molecule has 0 atom stereocenters. The van der Waals surface area contributed by atoms with Crippen LogP contribution in [-0.2, 0) is 10.8 Å². The molecule has 0 bridgehead atoms. The average Bonchev–Trinajstić information content (AvgIpc) is 4.05. The third-order valence-corrected chi connectivity index (χ3v) is 15.8. The topological polar surface area (TPSA) is 16.4 Å². The monoisotopic (exact) mass is 919 g/mol. The molecule has 72 heavy (non-hydrogen) atoms. The minimum Gasteiger partial charge on any atom is -0.456 e. The van der Waals surface area contributed by atoms with Gasteiger partial charge in [0.25, 0.3) is 0 Å².